The first-order valence-electron chi connectivity index (χ1n) is 25.0. The van der Waals surface area contributed by atoms with Gasteiger partial charge in [-0.3, -0.25) is 28.8 Å². The molecule has 3 aromatic heterocycles. The molecular formula is C51H69N12O8P. The van der Waals surface area contributed by atoms with Crippen LogP contribution in [0.1, 0.15) is 105 Å². The second-order valence-electron chi connectivity index (χ2n) is 21.4. The van der Waals surface area contributed by atoms with E-state index in [1.54, 1.807) is 26.1 Å². The molecule has 72 heavy (non-hydrogen) atoms. The molecule has 7 N–H and O–H groups in total. The Morgan fingerprint density at radius 3 is 2.46 bits per heavy atom. The van der Waals surface area contributed by atoms with Gasteiger partial charge in [-0.15, -0.1) is 0 Å². The van der Waals surface area contributed by atoms with Gasteiger partial charge in [0.05, 0.1) is 42.0 Å². The number of benzene rings is 1. The third kappa shape index (κ3) is 10.3. The molecule has 21 heteroatoms. The molecular weight excluding hydrogens is 940 g/mol. The van der Waals surface area contributed by atoms with Crippen LogP contribution in [0, 0.1) is 5.41 Å². The van der Waals surface area contributed by atoms with Crippen molar-refractivity contribution in [2.75, 3.05) is 71.2 Å². The van der Waals surface area contributed by atoms with E-state index in [0.717, 1.165) is 69.5 Å². The lowest BCUT2D eigenvalue weighted by Gasteiger charge is -2.48. The van der Waals surface area contributed by atoms with E-state index in [9.17, 15) is 33.8 Å². The molecule has 5 atom stereocenters. The Hall–Kier alpha value is -5.89. The fourth-order valence-electron chi connectivity index (χ4n) is 12.0. The van der Waals surface area contributed by atoms with Gasteiger partial charge in [-0.2, -0.15) is 0 Å². The highest BCUT2D eigenvalue weighted by molar-refractivity contribution is 7.46. The summed E-state index contributed by atoms with van der Waals surface area (Å²) < 4.78 is 18.9. The lowest BCUT2D eigenvalue weighted by Crippen LogP contribution is -2.60. The maximum atomic E-state index is 14.2. The van der Waals surface area contributed by atoms with Gasteiger partial charge in [0.2, 0.25) is 5.91 Å². The third-order valence-electron chi connectivity index (χ3n) is 15.4. The number of nitrogens with one attached hydrogen (secondary N) is 2. The second kappa shape index (κ2) is 19.8. The van der Waals surface area contributed by atoms with Crippen LogP contribution in [0.15, 0.2) is 61.4 Å². The summed E-state index contributed by atoms with van der Waals surface area (Å²) >= 11 is 0. The first-order valence-corrected chi connectivity index (χ1v) is 26.6. The number of primary amides is 1. The van der Waals surface area contributed by atoms with E-state index in [2.05, 4.69) is 80.2 Å². The minimum absolute atomic E-state index is 0.0256. The lowest BCUT2D eigenvalue weighted by molar-refractivity contribution is -0.111. The summed E-state index contributed by atoms with van der Waals surface area (Å²) in [4.78, 5) is 83.7. The Bertz CT molecular complexity index is 2800. The van der Waals surface area contributed by atoms with Gasteiger partial charge >= 0.3 is 7.82 Å². The molecule has 0 bridgehead atoms. The molecule has 3 saturated heterocycles. The molecule has 3 fully saturated rings. The molecule has 7 heterocycles. The van der Waals surface area contributed by atoms with E-state index in [-0.39, 0.29) is 53.5 Å². The number of pyridine rings is 1. The number of aliphatic hydroxyl groups is 1. The predicted molar refractivity (Wildman–Crippen MR) is 276 cm³/mol. The molecule has 0 spiro atoms. The second-order valence-corrected chi connectivity index (χ2v) is 22.6. The number of nitrogens with zero attached hydrogens (tertiary/aromatic N) is 9. The van der Waals surface area contributed by atoms with Crippen LogP contribution in [0.25, 0.3) is 0 Å². The molecule has 1 aliphatic carbocycles. The van der Waals surface area contributed by atoms with Crippen LogP contribution in [0.3, 0.4) is 0 Å². The average molecular weight is 1010 g/mol. The minimum Gasteiger partial charge on any atom is -0.394 e. The maximum Gasteiger partial charge on any atom is 0.470 e. The minimum atomic E-state index is -4.74. The zero-order valence-electron chi connectivity index (χ0n) is 42.1. The zero-order valence-corrected chi connectivity index (χ0v) is 43.0. The van der Waals surface area contributed by atoms with Crippen molar-refractivity contribution >= 4 is 59.9 Å². The van der Waals surface area contributed by atoms with Gasteiger partial charge in [0, 0.05) is 87.2 Å². The van der Waals surface area contributed by atoms with Crippen molar-refractivity contribution in [2.24, 2.45) is 11.1 Å². The summed E-state index contributed by atoms with van der Waals surface area (Å²) in [5.41, 5.74) is 11.1. The number of aromatic nitrogens is 4. The molecule has 0 radical (unpaired) electrons. The highest BCUT2D eigenvalue weighted by Crippen LogP contribution is 2.46. The number of anilines is 6. The number of phosphoric ester groups is 1. The van der Waals surface area contributed by atoms with Crippen molar-refractivity contribution in [1.82, 2.24) is 29.3 Å². The van der Waals surface area contributed by atoms with Crippen molar-refractivity contribution in [2.45, 2.75) is 122 Å². The number of fused-ring (bicyclic) bond motifs is 3. The van der Waals surface area contributed by atoms with Crippen LogP contribution in [0.4, 0.5) is 34.4 Å². The van der Waals surface area contributed by atoms with E-state index in [0.29, 0.717) is 60.8 Å². The Labute approximate surface area is 420 Å². The molecule has 4 aliphatic heterocycles. The molecule has 9 rings (SSSR count). The molecule has 0 saturated carbocycles. The van der Waals surface area contributed by atoms with Crippen molar-refractivity contribution in [3.05, 3.63) is 89.8 Å². The summed E-state index contributed by atoms with van der Waals surface area (Å²) in [6.45, 7) is 20.4. The van der Waals surface area contributed by atoms with Crippen molar-refractivity contribution in [1.29, 1.82) is 0 Å². The van der Waals surface area contributed by atoms with Gasteiger partial charge < -0.3 is 55.4 Å². The smallest absolute Gasteiger partial charge is 0.394 e. The van der Waals surface area contributed by atoms with Crippen molar-refractivity contribution in [3.63, 3.8) is 0 Å². The number of aliphatic hydroxyl groups excluding tert-OH is 1. The maximum absolute atomic E-state index is 14.2. The first kappa shape index (κ1) is 51.0. The number of nitrogens with two attached hydrogens (primary N) is 1. The van der Waals surface area contributed by atoms with E-state index in [1.165, 1.54) is 23.5 Å². The summed E-state index contributed by atoms with van der Waals surface area (Å²) in [7, 11) is -4.74. The summed E-state index contributed by atoms with van der Waals surface area (Å²) in [6, 6.07) is 11.2. The van der Waals surface area contributed by atoms with Gasteiger partial charge in [-0.25, -0.2) is 14.5 Å². The van der Waals surface area contributed by atoms with Gasteiger partial charge in [0.15, 0.2) is 11.5 Å². The highest BCUT2D eigenvalue weighted by atomic mass is 31.2. The molecule has 4 aromatic rings. The molecule has 386 valence electrons. The summed E-state index contributed by atoms with van der Waals surface area (Å²) in [5.74, 6) is -0.661. The number of carbonyl (C=O) groups excluding carboxylic acids is 3. The Morgan fingerprint density at radius 1 is 0.972 bits per heavy atom. The van der Waals surface area contributed by atoms with E-state index < -0.39 is 25.4 Å². The Kier molecular flexibility index (Phi) is 14.1. The normalized spacial score (nSPS) is 23.7. The predicted octanol–water partition coefficient (Wildman–Crippen LogP) is 5.16. The topological polar surface area (TPSA) is 248 Å². The SMILES string of the molecule is C=CC(=O)Nc1cc(Nc2nc(N3CCCC(N4CCn5c(cc6c5CC(C)(C)C6)C4=O)C3CO)cnc2C(N)=O)ccc1N1CCN(C2CCN(c3ccnc(C(C)(C)OP(=O)(O)O)c3)[C@@H](C)C2)C[C@@H]1C. The van der Waals surface area contributed by atoms with Crippen LogP contribution < -0.4 is 31.1 Å². The molecule has 5 aliphatic rings. The van der Waals surface area contributed by atoms with Crippen molar-refractivity contribution < 1.29 is 38.4 Å². The zero-order chi connectivity index (χ0) is 51.4. The van der Waals surface area contributed by atoms with Crippen molar-refractivity contribution in [3.8, 4) is 0 Å². The van der Waals surface area contributed by atoms with Gasteiger partial charge in [-0.1, -0.05) is 20.4 Å². The Balaban J connectivity index is 0.890. The third-order valence-corrected chi connectivity index (χ3v) is 16.0. The number of piperidine rings is 2. The number of hydrogen-bond donors (Lipinski definition) is 6. The van der Waals surface area contributed by atoms with Gasteiger partial charge in [-0.05, 0) is 120 Å². The largest absolute Gasteiger partial charge is 0.470 e. The number of rotatable bonds is 14. The molecule has 1 aromatic carbocycles. The van der Waals surface area contributed by atoms with Crippen LogP contribution in [0.5, 0.6) is 0 Å². The molecule has 3 amide bonds. The standard InChI is InChI=1S/C51H69N12O8P/c1-8-45(65)56-37-24-34(11-12-38(37)60-19-18-58(29-32(60)3)35-14-17-59(31(2)22-35)36-13-15-53-43(25-36)51(6,7)71-72(68,69)70)55-48-46(47(52)66)54-28-44(57-48)62-16-9-10-39(42(62)30-64)63-21-20-61-40(49(63)67)23-33-26-50(4,5)27-41(33)61/h8,11-13,15,23-25,28,31-32,35,39,42,64H,1,9-10,14,16-22,26-27,29-30H2,2-7H3,(H2,52,66)(H,55,57)(H,56,65)(H2,68,69,70)/t31-,32-,35?,39?,42?/m0/s1. The summed E-state index contributed by atoms with van der Waals surface area (Å²) in [6.07, 6.45) is 9.54. The number of piperazine rings is 1. The quantitative estimate of drug-likeness (QED) is 0.0705. The monoisotopic (exact) mass is 1010 g/mol. The Morgan fingerprint density at radius 2 is 1.75 bits per heavy atom. The number of amides is 3. The van der Waals surface area contributed by atoms with E-state index >= 15 is 0 Å². The van der Waals surface area contributed by atoms with E-state index in [1.807, 2.05) is 34.1 Å². The van der Waals surface area contributed by atoms with Gasteiger partial charge in [0.1, 0.15) is 17.1 Å². The number of hydrogen-bond acceptors (Lipinski definition) is 14. The van der Waals surface area contributed by atoms with Crippen LogP contribution in [0.2, 0.25) is 0 Å². The van der Waals surface area contributed by atoms with Crippen LogP contribution in [-0.4, -0.2) is 138 Å². The fraction of sp³-hybridized carbons (Fsp3) is 0.529. The van der Waals surface area contributed by atoms with E-state index in [4.69, 9.17) is 15.2 Å². The van der Waals surface area contributed by atoms with Crippen LogP contribution in [-0.2, 0) is 38.9 Å². The average Bonchev–Trinajstić information content (AvgIpc) is 3.82. The molecule has 20 nitrogen and oxygen atoms in total. The number of phosphoric acid groups is 1. The highest BCUT2D eigenvalue weighted by Gasteiger charge is 2.43. The summed E-state index contributed by atoms with van der Waals surface area (Å²) in [5, 5.41) is 17.2. The molecule has 3 unspecified atom stereocenters. The van der Waals surface area contributed by atoms with Crippen LogP contribution >= 0.6 is 7.82 Å². The fourth-order valence-corrected chi connectivity index (χ4v) is 12.7. The lowest BCUT2D eigenvalue weighted by atomic mass is 9.90. The van der Waals surface area contributed by atoms with Gasteiger partial charge in [0.25, 0.3) is 11.8 Å². The first-order chi connectivity index (χ1) is 34.1. The number of carbonyl (C=O) groups is 3.